The number of carbonyl (C=O) groups is 1. The van der Waals surface area contributed by atoms with Crippen molar-refractivity contribution in [2.24, 2.45) is 4.99 Å². The fourth-order valence-electron chi connectivity index (χ4n) is 0.506. The van der Waals surface area contributed by atoms with Gasteiger partial charge in [0, 0.05) is 15.9 Å². The Balaban J connectivity index is 2.96. The van der Waals surface area contributed by atoms with Gasteiger partial charge in [0.15, 0.2) is 5.71 Å². The summed E-state index contributed by atoms with van der Waals surface area (Å²) in [6.45, 7) is 1.61. The maximum atomic E-state index is 11.0. The molecule has 0 amide bonds. The molecule has 0 aromatic carbocycles. The lowest BCUT2D eigenvalue weighted by molar-refractivity contribution is -0.129. The van der Waals surface area contributed by atoms with Crippen LogP contribution in [0.25, 0.3) is 0 Å². The number of allylic oxidation sites excluding steroid dienone is 1. The Hall–Kier alpha value is -0.760. The third-order valence-corrected chi connectivity index (χ3v) is 3.26. The summed E-state index contributed by atoms with van der Waals surface area (Å²) in [4.78, 5) is 14.1. The van der Waals surface area contributed by atoms with E-state index in [4.69, 9.17) is 5.11 Å². The summed E-state index contributed by atoms with van der Waals surface area (Å²) in [6, 6.07) is 0. The second-order valence-corrected chi connectivity index (χ2v) is 4.10. The lowest BCUT2D eigenvalue weighted by Gasteiger charge is -2.23. The first-order valence-corrected chi connectivity index (χ1v) is 5.24. The molecule has 12 heavy (non-hydrogen) atoms. The number of hydrogen-bond acceptors (Lipinski definition) is 4. The Kier molecular flexibility index (Phi) is 2.93. The maximum absolute atomic E-state index is 11.0. The van der Waals surface area contributed by atoms with Crippen LogP contribution < -0.4 is 0 Å². The first-order chi connectivity index (χ1) is 5.61. The summed E-state index contributed by atoms with van der Waals surface area (Å²) in [5.74, 6) is -1.09. The van der Waals surface area contributed by atoms with E-state index in [2.05, 4.69) is 4.99 Å². The summed E-state index contributed by atoms with van der Waals surface area (Å²) in [5.41, 5.74) is 0.413. The fourth-order valence-corrected chi connectivity index (χ4v) is 2.01. The number of rotatable bonds is 1. The van der Waals surface area contributed by atoms with Crippen LogP contribution >= 0.6 is 21.0 Å². The van der Waals surface area contributed by atoms with Crippen molar-refractivity contribution in [2.45, 2.75) is 6.92 Å². The van der Waals surface area contributed by atoms with E-state index < -0.39 is 27.0 Å². The van der Waals surface area contributed by atoms with Crippen molar-refractivity contribution >= 4 is 36.7 Å². The van der Waals surface area contributed by atoms with E-state index in [-0.39, 0.29) is 5.71 Å². The molecule has 1 rings (SSSR count). The zero-order valence-electron chi connectivity index (χ0n) is 6.19. The van der Waals surface area contributed by atoms with Crippen molar-refractivity contribution in [1.29, 1.82) is 0 Å². The van der Waals surface area contributed by atoms with Gasteiger partial charge < -0.3 is 13.6 Å². The van der Waals surface area contributed by atoms with Crippen LogP contribution in [0.3, 0.4) is 0 Å². The monoisotopic (exact) mass is 281 g/mol. The molecule has 0 aromatic rings. The second-order valence-electron chi connectivity index (χ2n) is 2.04. The highest BCUT2D eigenvalue weighted by molar-refractivity contribution is 14.2. The lowest BCUT2D eigenvalue weighted by Crippen LogP contribution is -2.12. The van der Waals surface area contributed by atoms with Crippen LogP contribution in [0, 0.1) is 5.21 Å². The molecule has 0 aromatic heterocycles. The highest BCUT2D eigenvalue weighted by Crippen LogP contribution is 2.15. The molecule has 66 valence electrons. The summed E-state index contributed by atoms with van der Waals surface area (Å²) in [6.07, 6.45) is 1.28. The fraction of sp³-hybridized carbons (Fsp3) is 0.167. The number of carboxylic acid groups (broad SMARTS) is 1. The molecular weight excluding hydrogens is 275 g/mol. The Bertz CT molecular complexity index is 295. The molecule has 1 N–H and O–H groups in total. The average molecular weight is 281 g/mol. The standard InChI is InChI=1S/C6H6IN2O3/c1-4-3-8-5(6(10)11)2-7-9(4)12/h2-3H,1H3,(H,10,11)/q-1. The van der Waals surface area contributed by atoms with Gasteiger partial charge in [0.05, 0.1) is 0 Å². The largest absolute Gasteiger partial charge is 0.750 e. The molecule has 1 aliphatic rings. The SMILES string of the molecule is CC1=CN=C(C(=O)O)C=IN1[O-]. The Labute approximate surface area is 79.1 Å². The second kappa shape index (κ2) is 3.76. The van der Waals surface area contributed by atoms with Crippen LogP contribution in [-0.4, -0.2) is 24.1 Å². The van der Waals surface area contributed by atoms with E-state index in [1.807, 2.05) is 0 Å². The van der Waals surface area contributed by atoms with Crippen molar-refractivity contribution in [3.8, 4) is 0 Å². The molecule has 0 aliphatic carbocycles. The van der Waals surface area contributed by atoms with Crippen molar-refractivity contribution < 1.29 is 9.90 Å². The topological polar surface area (TPSA) is 76.0 Å². The van der Waals surface area contributed by atoms with Gasteiger partial charge >= 0.3 is 5.97 Å². The number of aliphatic carboxylic acids is 1. The van der Waals surface area contributed by atoms with Crippen molar-refractivity contribution in [3.05, 3.63) is 17.1 Å². The lowest BCUT2D eigenvalue weighted by atomic mass is 10.4. The molecule has 0 fully saturated rings. The number of aliphatic imine (C=N–C) groups is 1. The van der Waals surface area contributed by atoms with Gasteiger partial charge in [-0.15, -0.1) is 0 Å². The van der Waals surface area contributed by atoms with E-state index in [0.717, 1.165) is 3.28 Å². The molecule has 1 aliphatic heterocycles. The molecular formula is C6H6IN2O3-. The summed E-state index contributed by atoms with van der Waals surface area (Å²) in [7, 11) is 0. The quantitative estimate of drug-likeness (QED) is 0.571. The molecule has 1 heterocycles. The molecule has 0 spiro atoms. The number of halogens is 1. The van der Waals surface area contributed by atoms with Gasteiger partial charge in [-0.1, -0.05) is 0 Å². The van der Waals surface area contributed by atoms with Gasteiger partial charge in [0.2, 0.25) is 0 Å². The molecule has 0 saturated carbocycles. The Morgan fingerprint density at radius 3 is 3.08 bits per heavy atom. The Morgan fingerprint density at radius 1 is 1.83 bits per heavy atom. The highest BCUT2D eigenvalue weighted by Gasteiger charge is 2.06. The summed E-state index contributed by atoms with van der Waals surface area (Å²) < 4.78 is 2.18. The first kappa shape index (κ1) is 9.33. The molecule has 0 unspecified atom stereocenters. The zero-order chi connectivity index (χ0) is 9.14. The smallest absolute Gasteiger partial charge is 0.354 e. The maximum Gasteiger partial charge on any atom is 0.354 e. The molecule has 0 bridgehead atoms. The van der Waals surface area contributed by atoms with Crippen LogP contribution in [0.15, 0.2) is 16.9 Å². The van der Waals surface area contributed by atoms with Gasteiger partial charge in [-0.05, 0) is 27.9 Å². The third kappa shape index (κ3) is 2.11. The van der Waals surface area contributed by atoms with E-state index >= 15 is 0 Å². The average Bonchev–Trinajstić information content (AvgIpc) is 2.16. The van der Waals surface area contributed by atoms with Crippen LogP contribution in [-0.2, 0) is 4.79 Å². The van der Waals surface area contributed by atoms with Crippen molar-refractivity contribution in [2.75, 3.05) is 0 Å². The minimum atomic E-state index is -1.09. The number of nitrogens with zero attached hydrogens (tertiary/aromatic N) is 2. The van der Waals surface area contributed by atoms with E-state index in [1.54, 1.807) is 6.92 Å². The molecule has 6 heteroatoms. The normalized spacial score (nSPS) is 17.3. The minimum Gasteiger partial charge on any atom is -0.750 e. The third-order valence-electron chi connectivity index (χ3n) is 1.13. The van der Waals surface area contributed by atoms with E-state index in [1.165, 1.54) is 10.2 Å². The Morgan fingerprint density at radius 2 is 2.50 bits per heavy atom. The number of hydroxylamine groups is 1. The molecule has 0 radical (unpaired) electrons. The zero-order valence-corrected chi connectivity index (χ0v) is 8.35. The molecule has 0 saturated heterocycles. The van der Waals surface area contributed by atoms with Crippen LogP contribution in [0.4, 0.5) is 0 Å². The van der Waals surface area contributed by atoms with Crippen LogP contribution in [0.2, 0.25) is 0 Å². The van der Waals surface area contributed by atoms with Gasteiger partial charge in [-0.3, -0.25) is 0 Å². The van der Waals surface area contributed by atoms with Gasteiger partial charge in [0.1, 0.15) is 0 Å². The predicted molar refractivity (Wildman–Crippen MR) is 54.1 cm³/mol. The number of hydrogen-bond donors (Lipinski definition) is 1. The van der Waals surface area contributed by atoms with Gasteiger partial charge in [-0.25, -0.2) is 9.79 Å². The van der Waals surface area contributed by atoms with Crippen LogP contribution in [0.5, 0.6) is 0 Å². The van der Waals surface area contributed by atoms with E-state index in [9.17, 15) is 10.0 Å². The van der Waals surface area contributed by atoms with Crippen molar-refractivity contribution in [1.82, 2.24) is 3.28 Å². The highest BCUT2D eigenvalue weighted by atomic mass is 127. The van der Waals surface area contributed by atoms with Crippen LogP contribution in [0.1, 0.15) is 6.92 Å². The van der Waals surface area contributed by atoms with Gasteiger partial charge in [0.25, 0.3) is 0 Å². The minimum absolute atomic E-state index is 0.0412. The molecule has 0 atom stereocenters. The summed E-state index contributed by atoms with van der Waals surface area (Å²) >= 11 is -0.917. The van der Waals surface area contributed by atoms with Gasteiger partial charge in [-0.2, -0.15) is 0 Å². The first-order valence-electron chi connectivity index (χ1n) is 3.03. The molecule has 5 nitrogen and oxygen atoms in total. The van der Waals surface area contributed by atoms with Crippen molar-refractivity contribution in [3.63, 3.8) is 0 Å². The van der Waals surface area contributed by atoms with E-state index in [0.29, 0.717) is 5.70 Å². The predicted octanol–water partition coefficient (Wildman–Crippen LogP) is 0.875. The number of carboxylic acids is 1. The summed E-state index contributed by atoms with van der Waals surface area (Å²) in [5, 5.41) is 19.5.